The zero-order chi connectivity index (χ0) is 18.4. The van der Waals surface area contributed by atoms with E-state index in [2.05, 4.69) is 21.9 Å². The smallest absolute Gasteiger partial charge is 0.230 e. The predicted octanol–water partition coefficient (Wildman–Crippen LogP) is 3.57. The third kappa shape index (κ3) is 3.17. The molecule has 2 aliphatic carbocycles. The van der Waals surface area contributed by atoms with Gasteiger partial charge in [-0.3, -0.25) is 9.59 Å². The molecule has 4 fully saturated rings. The summed E-state index contributed by atoms with van der Waals surface area (Å²) in [6, 6.07) is 10.8. The van der Waals surface area contributed by atoms with Crippen LogP contribution in [0.1, 0.15) is 62.8 Å². The molecule has 0 aromatic heterocycles. The Morgan fingerprint density at radius 1 is 1.00 bits per heavy atom. The van der Waals surface area contributed by atoms with Crippen LogP contribution < -0.4 is 0 Å². The van der Waals surface area contributed by atoms with Gasteiger partial charge >= 0.3 is 0 Å². The molecule has 27 heavy (non-hydrogen) atoms. The number of amides is 2. The van der Waals surface area contributed by atoms with Gasteiger partial charge in [-0.2, -0.15) is 0 Å². The molecule has 144 valence electrons. The van der Waals surface area contributed by atoms with Crippen LogP contribution in [0.3, 0.4) is 0 Å². The Hall–Kier alpha value is -1.84. The highest BCUT2D eigenvalue weighted by atomic mass is 16.2. The Balaban J connectivity index is 1.34. The van der Waals surface area contributed by atoms with Gasteiger partial charge in [0.05, 0.1) is 5.92 Å². The lowest BCUT2D eigenvalue weighted by Crippen LogP contribution is -2.55. The highest BCUT2D eigenvalue weighted by Gasteiger charge is 2.50. The van der Waals surface area contributed by atoms with Gasteiger partial charge in [0.25, 0.3) is 0 Å². The first-order valence-corrected chi connectivity index (χ1v) is 10.8. The van der Waals surface area contributed by atoms with Crippen molar-refractivity contribution >= 4 is 11.8 Å². The lowest BCUT2D eigenvalue weighted by Gasteiger charge is -2.50. The normalized spacial score (nSPS) is 28.3. The van der Waals surface area contributed by atoms with E-state index in [1.807, 2.05) is 18.2 Å². The van der Waals surface area contributed by atoms with Gasteiger partial charge in [0.1, 0.15) is 0 Å². The largest absolute Gasteiger partial charge is 0.342 e. The van der Waals surface area contributed by atoms with Crippen molar-refractivity contribution in [2.45, 2.75) is 63.3 Å². The second kappa shape index (κ2) is 6.65. The van der Waals surface area contributed by atoms with Gasteiger partial charge in [-0.25, -0.2) is 0 Å². The summed E-state index contributed by atoms with van der Waals surface area (Å²) in [6.45, 7) is 2.67. The maximum atomic E-state index is 13.2. The molecular formula is C23H30N2O2. The topological polar surface area (TPSA) is 40.6 Å². The number of nitrogens with zero attached hydrogens (tertiary/aromatic N) is 2. The zero-order valence-electron chi connectivity index (χ0n) is 16.1. The van der Waals surface area contributed by atoms with Crippen molar-refractivity contribution in [1.82, 2.24) is 9.80 Å². The number of carbonyl (C=O) groups excluding carboxylic acids is 2. The summed E-state index contributed by atoms with van der Waals surface area (Å²) < 4.78 is 0. The molecule has 2 aliphatic heterocycles. The van der Waals surface area contributed by atoms with Crippen LogP contribution in [0, 0.1) is 11.3 Å². The van der Waals surface area contributed by atoms with Crippen molar-refractivity contribution in [3.05, 3.63) is 35.9 Å². The van der Waals surface area contributed by atoms with Crippen LogP contribution >= 0.6 is 0 Å². The van der Waals surface area contributed by atoms with Crippen molar-refractivity contribution in [2.75, 3.05) is 19.6 Å². The van der Waals surface area contributed by atoms with Crippen LogP contribution in [0.25, 0.3) is 0 Å². The minimum atomic E-state index is -0.00515. The molecule has 1 atom stereocenters. The summed E-state index contributed by atoms with van der Waals surface area (Å²) in [5.41, 5.74) is 1.35. The Bertz CT molecular complexity index is 715. The zero-order valence-corrected chi connectivity index (χ0v) is 16.1. The van der Waals surface area contributed by atoms with E-state index in [9.17, 15) is 9.59 Å². The number of likely N-dealkylation sites (tertiary alicyclic amines) is 2. The molecule has 0 radical (unpaired) electrons. The summed E-state index contributed by atoms with van der Waals surface area (Å²) in [7, 11) is 0. The number of hydrogen-bond acceptors (Lipinski definition) is 2. The first-order chi connectivity index (χ1) is 13.2. The van der Waals surface area contributed by atoms with E-state index in [0.29, 0.717) is 23.8 Å². The number of rotatable bonds is 3. The van der Waals surface area contributed by atoms with E-state index >= 15 is 0 Å². The minimum absolute atomic E-state index is 0.00515. The fraction of sp³-hybridized carbons (Fsp3) is 0.652. The van der Waals surface area contributed by atoms with Gasteiger partial charge < -0.3 is 9.80 Å². The third-order valence-electron chi connectivity index (χ3n) is 7.50. The van der Waals surface area contributed by atoms with Crippen LogP contribution in [0.4, 0.5) is 0 Å². The molecule has 4 nitrogen and oxygen atoms in total. The van der Waals surface area contributed by atoms with Crippen molar-refractivity contribution < 1.29 is 9.59 Å². The molecule has 2 saturated carbocycles. The van der Waals surface area contributed by atoms with Gasteiger partial charge in [0, 0.05) is 31.6 Å². The third-order valence-corrected chi connectivity index (χ3v) is 7.50. The molecule has 4 aliphatic rings. The van der Waals surface area contributed by atoms with E-state index in [1.165, 1.54) is 12.0 Å². The molecule has 0 unspecified atom stereocenters. The second-order valence-corrected chi connectivity index (χ2v) is 9.32. The molecule has 1 spiro atoms. The Labute approximate surface area is 161 Å². The van der Waals surface area contributed by atoms with Gasteiger partial charge in [0.15, 0.2) is 0 Å². The van der Waals surface area contributed by atoms with Crippen LogP contribution in [-0.4, -0.2) is 47.3 Å². The highest BCUT2D eigenvalue weighted by molar-refractivity contribution is 5.85. The number of hydrogen-bond donors (Lipinski definition) is 0. The minimum Gasteiger partial charge on any atom is -0.342 e. The summed E-state index contributed by atoms with van der Waals surface area (Å²) in [6.07, 6.45) is 8.75. The first kappa shape index (κ1) is 17.3. The fourth-order valence-electron chi connectivity index (χ4n) is 5.34. The standard InChI is InChI=1S/C23H30N2O2/c26-21(18-7-4-8-18)24-13-11-23(12-14-24)15-20(17-5-2-1-3-6-17)22(27)25(16-23)19-9-10-19/h1-3,5-6,18-20H,4,7-16H2/t20-/m0/s1. The average Bonchev–Trinajstić information content (AvgIpc) is 3.48. The predicted molar refractivity (Wildman–Crippen MR) is 104 cm³/mol. The first-order valence-electron chi connectivity index (χ1n) is 10.8. The lowest BCUT2D eigenvalue weighted by atomic mass is 9.67. The van der Waals surface area contributed by atoms with Gasteiger partial charge in [-0.1, -0.05) is 36.8 Å². The Morgan fingerprint density at radius 2 is 1.70 bits per heavy atom. The molecule has 1 aromatic rings. The van der Waals surface area contributed by atoms with Crippen molar-refractivity contribution in [3.8, 4) is 0 Å². The van der Waals surface area contributed by atoms with Crippen LogP contribution in [-0.2, 0) is 9.59 Å². The average molecular weight is 367 g/mol. The summed E-state index contributed by atoms with van der Waals surface area (Å²) >= 11 is 0. The van der Waals surface area contributed by atoms with E-state index in [0.717, 1.165) is 64.6 Å². The molecule has 4 heteroatoms. The summed E-state index contributed by atoms with van der Waals surface area (Å²) in [4.78, 5) is 30.2. The molecule has 1 aromatic carbocycles. The molecule has 2 amide bonds. The van der Waals surface area contributed by atoms with Crippen molar-refractivity contribution in [2.24, 2.45) is 11.3 Å². The molecular weight excluding hydrogens is 336 g/mol. The van der Waals surface area contributed by atoms with E-state index in [-0.39, 0.29) is 11.3 Å². The Morgan fingerprint density at radius 3 is 2.30 bits per heavy atom. The van der Waals surface area contributed by atoms with Crippen LogP contribution in [0.15, 0.2) is 30.3 Å². The molecule has 5 rings (SSSR count). The van der Waals surface area contributed by atoms with Gasteiger partial charge in [-0.15, -0.1) is 0 Å². The quantitative estimate of drug-likeness (QED) is 0.820. The van der Waals surface area contributed by atoms with Crippen LogP contribution in [0.5, 0.6) is 0 Å². The molecule has 0 bridgehead atoms. The highest BCUT2D eigenvalue weighted by Crippen LogP contribution is 2.48. The SMILES string of the molecule is O=C(C1CCC1)N1CCC2(CC1)C[C@@H](c1ccccc1)C(=O)N(C1CC1)C2. The number of benzene rings is 1. The number of piperidine rings is 2. The van der Waals surface area contributed by atoms with Crippen LogP contribution in [0.2, 0.25) is 0 Å². The van der Waals surface area contributed by atoms with Gasteiger partial charge in [-0.05, 0) is 55.9 Å². The Kier molecular flexibility index (Phi) is 4.25. The lowest BCUT2D eigenvalue weighted by molar-refractivity contribution is -0.147. The summed E-state index contributed by atoms with van der Waals surface area (Å²) in [5, 5.41) is 0. The van der Waals surface area contributed by atoms with E-state index < -0.39 is 0 Å². The number of carbonyl (C=O) groups is 2. The van der Waals surface area contributed by atoms with E-state index in [1.54, 1.807) is 0 Å². The fourth-order valence-corrected chi connectivity index (χ4v) is 5.34. The van der Waals surface area contributed by atoms with Crippen molar-refractivity contribution in [3.63, 3.8) is 0 Å². The van der Waals surface area contributed by atoms with Gasteiger partial charge in [0.2, 0.25) is 11.8 Å². The molecule has 2 saturated heterocycles. The second-order valence-electron chi connectivity index (χ2n) is 9.32. The van der Waals surface area contributed by atoms with E-state index in [4.69, 9.17) is 0 Å². The maximum absolute atomic E-state index is 13.2. The molecule has 0 N–H and O–H groups in total. The summed E-state index contributed by atoms with van der Waals surface area (Å²) in [5.74, 6) is 1.02. The van der Waals surface area contributed by atoms with Crippen molar-refractivity contribution in [1.29, 1.82) is 0 Å². The monoisotopic (exact) mass is 366 g/mol. The molecule has 2 heterocycles. The maximum Gasteiger partial charge on any atom is 0.230 e.